The highest BCUT2D eigenvalue weighted by Gasteiger charge is 2.36. The summed E-state index contributed by atoms with van der Waals surface area (Å²) < 4.78 is 0.994. The maximum atomic E-state index is 12.1. The number of amides is 1. The first-order valence-corrected chi connectivity index (χ1v) is 8.25. The van der Waals surface area contributed by atoms with Gasteiger partial charge in [-0.05, 0) is 47.2 Å². The van der Waals surface area contributed by atoms with Crippen LogP contribution in [0.2, 0.25) is 5.02 Å². The van der Waals surface area contributed by atoms with Crippen LogP contribution in [0.15, 0.2) is 22.7 Å². The summed E-state index contributed by atoms with van der Waals surface area (Å²) in [7, 11) is 0. The van der Waals surface area contributed by atoms with Gasteiger partial charge in [-0.15, -0.1) is 0 Å². The lowest BCUT2D eigenvalue weighted by atomic mass is 9.84. The van der Waals surface area contributed by atoms with E-state index >= 15 is 0 Å². The monoisotopic (exact) mass is 347 g/mol. The molecule has 0 bridgehead atoms. The van der Waals surface area contributed by atoms with Crippen LogP contribution in [0, 0.1) is 0 Å². The molecule has 2 nitrogen and oxygen atoms in total. The standard InChI is InChI=1S/C13H15BrClNOS/c1-18-13(6-3-7-13)8-16-12(17)9-4-2-5-10(14)11(9)15/h2,4-5H,3,6-8H2,1H3,(H,16,17). The van der Waals surface area contributed by atoms with Gasteiger partial charge in [0.05, 0.1) is 10.6 Å². The van der Waals surface area contributed by atoms with E-state index in [0.717, 1.165) is 11.0 Å². The van der Waals surface area contributed by atoms with Crippen molar-refractivity contribution in [2.75, 3.05) is 12.8 Å². The van der Waals surface area contributed by atoms with Crippen molar-refractivity contribution in [1.29, 1.82) is 0 Å². The summed E-state index contributed by atoms with van der Waals surface area (Å²) in [4.78, 5) is 12.1. The molecule has 2 rings (SSSR count). The zero-order chi connectivity index (χ0) is 13.2. The van der Waals surface area contributed by atoms with Crippen LogP contribution in [-0.2, 0) is 0 Å². The van der Waals surface area contributed by atoms with Crippen molar-refractivity contribution in [3.63, 3.8) is 0 Å². The smallest absolute Gasteiger partial charge is 0.252 e. The maximum absolute atomic E-state index is 12.1. The number of thioether (sulfide) groups is 1. The van der Waals surface area contributed by atoms with Gasteiger partial charge in [-0.2, -0.15) is 11.8 Å². The molecular formula is C13H15BrClNOS. The SMILES string of the molecule is CSC1(CNC(=O)c2cccc(Br)c2Cl)CCC1. The van der Waals surface area contributed by atoms with Gasteiger partial charge in [-0.1, -0.05) is 24.1 Å². The average molecular weight is 349 g/mol. The highest BCUT2D eigenvalue weighted by atomic mass is 79.9. The van der Waals surface area contributed by atoms with Crippen LogP contribution < -0.4 is 5.32 Å². The van der Waals surface area contributed by atoms with Crippen LogP contribution in [0.4, 0.5) is 0 Å². The first kappa shape index (κ1) is 14.2. The first-order valence-electron chi connectivity index (χ1n) is 5.85. The van der Waals surface area contributed by atoms with E-state index in [4.69, 9.17) is 11.6 Å². The summed E-state index contributed by atoms with van der Waals surface area (Å²) in [6.45, 7) is 0.718. The molecule has 5 heteroatoms. The first-order chi connectivity index (χ1) is 8.58. The lowest BCUT2D eigenvalue weighted by molar-refractivity contribution is 0.0944. The number of hydrogen-bond donors (Lipinski definition) is 1. The van der Waals surface area contributed by atoms with Gasteiger partial charge >= 0.3 is 0 Å². The van der Waals surface area contributed by atoms with E-state index in [9.17, 15) is 4.79 Å². The van der Waals surface area contributed by atoms with Gasteiger partial charge in [0.15, 0.2) is 0 Å². The second-order valence-corrected chi connectivity index (χ2v) is 7.03. The number of benzene rings is 1. The molecule has 0 saturated heterocycles. The molecule has 1 saturated carbocycles. The van der Waals surface area contributed by atoms with Crippen molar-refractivity contribution in [2.24, 2.45) is 0 Å². The van der Waals surface area contributed by atoms with Gasteiger partial charge < -0.3 is 5.32 Å². The van der Waals surface area contributed by atoms with Crippen molar-refractivity contribution < 1.29 is 4.79 Å². The van der Waals surface area contributed by atoms with E-state index in [-0.39, 0.29) is 10.7 Å². The maximum Gasteiger partial charge on any atom is 0.252 e. The molecule has 0 heterocycles. The fraction of sp³-hybridized carbons (Fsp3) is 0.462. The third-order valence-corrected chi connectivity index (χ3v) is 6.18. The minimum atomic E-state index is -0.0957. The molecule has 0 radical (unpaired) electrons. The number of nitrogens with one attached hydrogen (secondary N) is 1. The second-order valence-electron chi connectivity index (χ2n) is 4.52. The van der Waals surface area contributed by atoms with E-state index in [1.807, 2.05) is 23.9 Å². The van der Waals surface area contributed by atoms with Gasteiger partial charge in [0.25, 0.3) is 5.91 Å². The summed E-state index contributed by atoms with van der Waals surface area (Å²) in [5.41, 5.74) is 0.529. The van der Waals surface area contributed by atoms with Crippen LogP contribution in [0.25, 0.3) is 0 Å². The molecular weight excluding hydrogens is 334 g/mol. The van der Waals surface area contributed by atoms with Crippen molar-refractivity contribution in [1.82, 2.24) is 5.32 Å². The average Bonchev–Trinajstić information content (AvgIpc) is 2.31. The molecule has 18 heavy (non-hydrogen) atoms. The molecule has 0 aliphatic heterocycles. The Morgan fingerprint density at radius 2 is 2.28 bits per heavy atom. The van der Waals surface area contributed by atoms with Crippen molar-refractivity contribution >= 4 is 45.2 Å². The number of rotatable bonds is 4. The molecule has 1 aromatic rings. The minimum absolute atomic E-state index is 0.0957. The van der Waals surface area contributed by atoms with Gasteiger partial charge in [0.1, 0.15) is 0 Å². The molecule has 1 aromatic carbocycles. The zero-order valence-electron chi connectivity index (χ0n) is 10.1. The van der Waals surface area contributed by atoms with Crippen LogP contribution in [0.1, 0.15) is 29.6 Å². The predicted molar refractivity (Wildman–Crippen MR) is 81.6 cm³/mol. The zero-order valence-corrected chi connectivity index (χ0v) is 13.3. The molecule has 0 aromatic heterocycles. The molecule has 1 N–H and O–H groups in total. The van der Waals surface area contributed by atoms with Crippen molar-refractivity contribution in [3.05, 3.63) is 33.3 Å². The quantitative estimate of drug-likeness (QED) is 0.887. The molecule has 0 spiro atoms. The molecule has 1 aliphatic rings. The van der Waals surface area contributed by atoms with E-state index < -0.39 is 0 Å². The van der Waals surface area contributed by atoms with Crippen LogP contribution in [-0.4, -0.2) is 23.5 Å². The predicted octanol–water partition coefficient (Wildman–Crippen LogP) is 4.12. The van der Waals surface area contributed by atoms with E-state index in [1.54, 1.807) is 6.07 Å². The third-order valence-electron chi connectivity index (χ3n) is 3.47. The molecule has 1 fully saturated rings. The van der Waals surface area contributed by atoms with Crippen LogP contribution in [0.5, 0.6) is 0 Å². The number of carbonyl (C=O) groups excluding carboxylic acids is 1. The van der Waals surface area contributed by atoms with Gasteiger partial charge in [-0.25, -0.2) is 0 Å². The summed E-state index contributed by atoms with van der Waals surface area (Å²) in [6, 6.07) is 5.39. The summed E-state index contributed by atoms with van der Waals surface area (Å²) >= 11 is 11.3. The normalized spacial score (nSPS) is 17.1. The Hall–Kier alpha value is -0.190. The topological polar surface area (TPSA) is 29.1 Å². The highest BCUT2D eigenvalue weighted by Crippen LogP contribution is 2.42. The molecule has 98 valence electrons. The summed E-state index contributed by atoms with van der Waals surface area (Å²) in [5, 5.41) is 3.47. The van der Waals surface area contributed by atoms with Crippen molar-refractivity contribution in [2.45, 2.75) is 24.0 Å². The summed E-state index contributed by atoms with van der Waals surface area (Å²) in [5.74, 6) is -0.0957. The van der Waals surface area contributed by atoms with Gasteiger partial charge in [0.2, 0.25) is 0 Å². The van der Waals surface area contributed by atoms with Gasteiger partial charge in [-0.3, -0.25) is 4.79 Å². The minimum Gasteiger partial charge on any atom is -0.351 e. The van der Waals surface area contributed by atoms with Crippen LogP contribution in [0.3, 0.4) is 0 Å². The Labute approximate surface area is 125 Å². The lowest BCUT2D eigenvalue weighted by Crippen LogP contribution is -2.45. The van der Waals surface area contributed by atoms with E-state index in [1.165, 1.54) is 19.3 Å². The Bertz CT molecular complexity index is 457. The van der Waals surface area contributed by atoms with E-state index in [2.05, 4.69) is 27.5 Å². The Morgan fingerprint density at radius 3 is 2.83 bits per heavy atom. The molecule has 1 amide bonds. The second kappa shape index (κ2) is 5.85. The van der Waals surface area contributed by atoms with Gasteiger partial charge in [0, 0.05) is 15.8 Å². The number of hydrogen-bond acceptors (Lipinski definition) is 2. The fourth-order valence-corrected chi connectivity index (χ4v) is 3.53. The van der Waals surface area contributed by atoms with Crippen molar-refractivity contribution in [3.8, 4) is 0 Å². The molecule has 0 unspecified atom stereocenters. The summed E-state index contributed by atoms with van der Waals surface area (Å²) in [6.07, 6.45) is 5.73. The lowest BCUT2D eigenvalue weighted by Gasteiger charge is -2.40. The van der Waals surface area contributed by atoms with E-state index in [0.29, 0.717) is 10.6 Å². The van der Waals surface area contributed by atoms with Crippen LogP contribution >= 0.6 is 39.3 Å². The molecule has 1 aliphatic carbocycles. The highest BCUT2D eigenvalue weighted by molar-refractivity contribution is 9.10. The Kier molecular flexibility index (Phi) is 4.62. The Balaban J connectivity index is 2.02. The molecule has 0 atom stereocenters. The fourth-order valence-electron chi connectivity index (χ4n) is 2.04. The number of carbonyl (C=O) groups is 1. The number of halogens is 2. The largest absolute Gasteiger partial charge is 0.351 e. The Morgan fingerprint density at radius 1 is 1.56 bits per heavy atom. The third kappa shape index (κ3) is 2.86.